The molecular weight excluding hydrogens is 530 g/mol. The fraction of sp³-hybridized carbons (Fsp3) is 0.290. The van der Waals surface area contributed by atoms with Gasteiger partial charge in [-0.3, -0.25) is 4.79 Å². The lowest BCUT2D eigenvalue weighted by atomic mass is 10.1. The summed E-state index contributed by atoms with van der Waals surface area (Å²) in [5, 5.41) is 17.1. The highest BCUT2D eigenvalue weighted by molar-refractivity contribution is 6.03. The molecule has 1 amide bonds. The zero-order chi connectivity index (χ0) is 30.0. The SMILES string of the molecule is C=CC(=O)Nc1cc(Nc2ncc(C#N)c(-c3cn4c5c(cccc35)N(C)CC4)n2)c(OC)cc1N(C)CCN(C)C. The minimum Gasteiger partial charge on any atom is -0.494 e. The van der Waals surface area contributed by atoms with E-state index in [0.29, 0.717) is 34.3 Å². The van der Waals surface area contributed by atoms with Crippen molar-refractivity contribution < 1.29 is 9.53 Å². The lowest BCUT2D eigenvalue weighted by Gasteiger charge is -2.26. The number of aromatic nitrogens is 3. The number of benzene rings is 2. The number of para-hydroxylation sites is 1. The highest BCUT2D eigenvalue weighted by Gasteiger charge is 2.23. The van der Waals surface area contributed by atoms with E-state index in [-0.39, 0.29) is 5.91 Å². The average Bonchev–Trinajstić information content (AvgIpc) is 3.37. The Hall–Kier alpha value is -5.08. The monoisotopic (exact) mass is 565 g/mol. The van der Waals surface area contributed by atoms with Crippen molar-refractivity contribution in [3.63, 3.8) is 0 Å². The fourth-order valence-electron chi connectivity index (χ4n) is 5.15. The zero-order valence-electron chi connectivity index (χ0n) is 24.6. The lowest BCUT2D eigenvalue weighted by molar-refractivity contribution is -0.111. The molecule has 2 N–H and O–H groups in total. The van der Waals surface area contributed by atoms with Crippen molar-refractivity contribution >= 4 is 45.5 Å². The van der Waals surface area contributed by atoms with E-state index in [1.807, 2.05) is 33.3 Å². The molecule has 0 radical (unpaired) electrons. The van der Waals surface area contributed by atoms with Gasteiger partial charge in [-0.15, -0.1) is 0 Å². The minimum atomic E-state index is -0.330. The molecule has 0 saturated carbocycles. The van der Waals surface area contributed by atoms with Crippen molar-refractivity contribution in [2.45, 2.75) is 6.54 Å². The van der Waals surface area contributed by atoms with E-state index < -0.39 is 0 Å². The molecule has 0 saturated heterocycles. The van der Waals surface area contributed by atoms with Gasteiger partial charge >= 0.3 is 0 Å². The van der Waals surface area contributed by atoms with E-state index in [9.17, 15) is 10.1 Å². The number of nitrogens with one attached hydrogen (secondary N) is 2. The Morgan fingerprint density at radius 3 is 2.74 bits per heavy atom. The lowest BCUT2D eigenvalue weighted by Crippen LogP contribution is -2.29. The van der Waals surface area contributed by atoms with Crippen LogP contribution < -0.4 is 25.2 Å². The third-order valence-corrected chi connectivity index (χ3v) is 7.43. The molecule has 216 valence electrons. The molecule has 11 nitrogen and oxygen atoms in total. The van der Waals surface area contributed by atoms with Crippen LogP contribution in [0.15, 0.2) is 55.4 Å². The van der Waals surface area contributed by atoms with Crippen molar-refractivity contribution in [2.24, 2.45) is 0 Å². The molecule has 2 aromatic heterocycles. The fourth-order valence-corrected chi connectivity index (χ4v) is 5.15. The van der Waals surface area contributed by atoms with Crippen LogP contribution in [0.1, 0.15) is 5.56 Å². The van der Waals surface area contributed by atoms with Crippen LogP contribution in [0.3, 0.4) is 0 Å². The Morgan fingerprint density at radius 2 is 2.02 bits per heavy atom. The summed E-state index contributed by atoms with van der Waals surface area (Å²) in [6.07, 6.45) is 4.82. The molecule has 3 heterocycles. The maximum absolute atomic E-state index is 12.3. The summed E-state index contributed by atoms with van der Waals surface area (Å²) in [5.74, 6) is 0.507. The van der Waals surface area contributed by atoms with Gasteiger partial charge in [-0.2, -0.15) is 5.26 Å². The molecule has 0 atom stereocenters. The maximum Gasteiger partial charge on any atom is 0.247 e. The Balaban J connectivity index is 1.57. The molecule has 1 aliphatic rings. The molecule has 1 aliphatic heterocycles. The van der Waals surface area contributed by atoms with Gasteiger partial charge in [0.15, 0.2) is 0 Å². The number of carbonyl (C=O) groups is 1. The third kappa shape index (κ3) is 5.44. The second-order valence-corrected chi connectivity index (χ2v) is 10.5. The average molecular weight is 566 g/mol. The Bertz CT molecular complexity index is 1700. The van der Waals surface area contributed by atoms with Crippen LogP contribution in [-0.2, 0) is 11.3 Å². The van der Waals surface area contributed by atoms with E-state index >= 15 is 0 Å². The van der Waals surface area contributed by atoms with Crippen LogP contribution in [0, 0.1) is 11.3 Å². The van der Waals surface area contributed by atoms with E-state index in [0.717, 1.165) is 54.0 Å². The topological polar surface area (TPSA) is 115 Å². The molecule has 0 aliphatic carbocycles. The van der Waals surface area contributed by atoms with E-state index in [1.54, 1.807) is 13.2 Å². The first-order chi connectivity index (χ1) is 20.2. The van der Waals surface area contributed by atoms with E-state index in [1.165, 1.54) is 12.3 Å². The summed E-state index contributed by atoms with van der Waals surface area (Å²) in [4.78, 5) is 28.0. The van der Waals surface area contributed by atoms with Gasteiger partial charge in [0.1, 0.15) is 11.8 Å². The molecule has 2 aromatic carbocycles. The number of ether oxygens (including phenoxy) is 1. The Kier molecular flexibility index (Phi) is 7.99. The summed E-state index contributed by atoms with van der Waals surface area (Å²) in [5.41, 5.74) is 5.98. The third-order valence-electron chi connectivity index (χ3n) is 7.43. The molecule has 0 unspecified atom stereocenters. The number of anilines is 5. The second kappa shape index (κ2) is 11.8. The van der Waals surface area contributed by atoms with Crippen LogP contribution in [0.2, 0.25) is 0 Å². The van der Waals surface area contributed by atoms with Gasteiger partial charge < -0.3 is 34.6 Å². The van der Waals surface area contributed by atoms with Crippen molar-refractivity contribution in [1.82, 2.24) is 19.4 Å². The van der Waals surface area contributed by atoms with Crippen LogP contribution in [0.5, 0.6) is 5.75 Å². The predicted molar refractivity (Wildman–Crippen MR) is 168 cm³/mol. The van der Waals surface area contributed by atoms with Crippen LogP contribution in [0.25, 0.3) is 22.2 Å². The highest BCUT2D eigenvalue weighted by Crippen LogP contribution is 2.40. The van der Waals surface area contributed by atoms with Crippen LogP contribution in [0.4, 0.5) is 28.7 Å². The largest absolute Gasteiger partial charge is 0.494 e. The highest BCUT2D eigenvalue weighted by atomic mass is 16.5. The van der Waals surface area contributed by atoms with Gasteiger partial charge in [0.05, 0.1) is 52.8 Å². The number of methoxy groups -OCH3 is 1. The Morgan fingerprint density at radius 1 is 1.21 bits per heavy atom. The maximum atomic E-state index is 12.3. The van der Waals surface area contributed by atoms with Crippen molar-refractivity contribution in [3.8, 4) is 23.1 Å². The molecule has 4 aromatic rings. The van der Waals surface area contributed by atoms with Gasteiger partial charge in [-0.25, -0.2) is 9.97 Å². The number of amides is 1. The molecule has 0 fully saturated rings. The van der Waals surface area contributed by atoms with Gasteiger partial charge in [0.25, 0.3) is 0 Å². The van der Waals surface area contributed by atoms with Gasteiger partial charge in [0, 0.05) is 63.5 Å². The second-order valence-electron chi connectivity index (χ2n) is 10.5. The number of rotatable bonds is 10. The Labute approximate surface area is 245 Å². The summed E-state index contributed by atoms with van der Waals surface area (Å²) in [6, 6.07) is 12.1. The van der Waals surface area contributed by atoms with E-state index in [4.69, 9.17) is 9.72 Å². The number of carbonyl (C=O) groups excluding carboxylic acids is 1. The molecule has 42 heavy (non-hydrogen) atoms. The summed E-state index contributed by atoms with van der Waals surface area (Å²) >= 11 is 0. The van der Waals surface area contributed by atoms with Gasteiger partial charge in [-0.05, 0) is 32.3 Å². The summed E-state index contributed by atoms with van der Waals surface area (Å²) in [7, 11) is 9.65. The normalized spacial score (nSPS) is 12.3. The number of nitriles is 1. The summed E-state index contributed by atoms with van der Waals surface area (Å²) in [6.45, 7) is 6.88. The summed E-state index contributed by atoms with van der Waals surface area (Å²) < 4.78 is 7.96. The van der Waals surface area contributed by atoms with Gasteiger partial charge in [0.2, 0.25) is 11.9 Å². The molecule has 11 heteroatoms. The number of hydrogen-bond acceptors (Lipinski definition) is 9. The number of likely N-dealkylation sites (N-methyl/N-ethyl adjacent to an activating group) is 3. The quantitative estimate of drug-likeness (QED) is 0.272. The van der Waals surface area contributed by atoms with Crippen molar-refractivity contribution in [1.29, 1.82) is 5.26 Å². The molecular formula is C31H35N9O2. The van der Waals surface area contributed by atoms with Crippen LogP contribution >= 0.6 is 0 Å². The van der Waals surface area contributed by atoms with Gasteiger partial charge in [-0.1, -0.05) is 18.7 Å². The smallest absolute Gasteiger partial charge is 0.247 e. The molecule has 0 bridgehead atoms. The first kappa shape index (κ1) is 28.4. The van der Waals surface area contributed by atoms with E-state index in [2.05, 4.69) is 72.9 Å². The zero-order valence-corrected chi connectivity index (χ0v) is 24.6. The first-order valence-corrected chi connectivity index (χ1v) is 13.6. The predicted octanol–water partition coefficient (Wildman–Crippen LogP) is 4.29. The minimum absolute atomic E-state index is 0.293. The molecule has 5 rings (SSSR count). The van der Waals surface area contributed by atoms with Crippen molar-refractivity contribution in [3.05, 3.63) is 60.9 Å². The van der Waals surface area contributed by atoms with Crippen molar-refractivity contribution in [2.75, 3.05) is 75.4 Å². The molecule has 0 spiro atoms. The number of hydrogen-bond donors (Lipinski definition) is 2. The first-order valence-electron chi connectivity index (χ1n) is 13.6. The van der Waals surface area contributed by atoms with Crippen LogP contribution in [-0.4, -0.2) is 80.3 Å². The number of nitrogens with zero attached hydrogens (tertiary/aromatic N) is 7. The standard InChI is InChI=1S/C31H35N9O2/c1-7-28(41)34-23-15-24(27(42-6)16-26(23)39(5)12-11-37(2)3)35-31-33-18-20(17-32)29(36-31)22-19-40-14-13-38(4)25-10-8-9-21(22)30(25)40/h7-10,15-16,18-19H,1,11-14H2,2-6H3,(H,34,41)(H,33,35,36).